The van der Waals surface area contributed by atoms with Crippen LogP contribution in [0.1, 0.15) is 52.2 Å². The Labute approximate surface area is 202 Å². The van der Waals surface area contributed by atoms with Gasteiger partial charge in [-0.15, -0.1) is 0 Å². The van der Waals surface area contributed by atoms with Crippen molar-refractivity contribution in [1.29, 1.82) is 0 Å². The zero-order valence-electron chi connectivity index (χ0n) is 20.2. The third kappa shape index (κ3) is 7.97. The summed E-state index contributed by atoms with van der Waals surface area (Å²) in [5.41, 5.74) is 1.77. The number of benzene rings is 2. The number of hydrogen-bond donors (Lipinski definition) is 1. The van der Waals surface area contributed by atoms with Gasteiger partial charge < -0.3 is 19.7 Å². The van der Waals surface area contributed by atoms with E-state index < -0.39 is 6.04 Å². The first-order chi connectivity index (χ1) is 15.8. The zero-order chi connectivity index (χ0) is 24.4. The van der Waals surface area contributed by atoms with Crippen molar-refractivity contribution in [2.45, 2.75) is 66.1 Å². The number of carbonyl (C=O) groups excluding carboxylic acids is 2. The fourth-order valence-electron chi connectivity index (χ4n) is 3.44. The summed E-state index contributed by atoms with van der Waals surface area (Å²) in [6.45, 7) is 10.7. The lowest BCUT2D eigenvalue weighted by molar-refractivity contribution is -0.140. The number of ether oxygens (including phenoxy) is 2. The van der Waals surface area contributed by atoms with E-state index in [2.05, 4.69) is 5.32 Å². The van der Waals surface area contributed by atoms with Gasteiger partial charge in [-0.1, -0.05) is 35.9 Å². The van der Waals surface area contributed by atoms with Crippen molar-refractivity contribution >= 4 is 23.4 Å². The van der Waals surface area contributed by atoms with E-state index in [1.165, 1.54) is 0 Å². The van der Waals surface area contributed by atoms with Crippen LogP contribution in [0.2, 0.25) is 5.02 Å². The average molecular weight is 475 g/mol. The molecule has 0 heterocycles. The number of aryl methyl sites for hydroxylation is 1. The summed E-state index contributed by atoms with van der Waals surface area (Å²) in [4.78, 5) is 27.6. The molecule has 7 heteroatoms. The van der Waals surface area contributed by atoms with Crippen LogP contribution in [-0.2, 0) is 22.6 Å². The Morgan fingerprint density at radius 2 is 1.67 bits per heavy atom. The number of hydrogen-bond acceptors (Lipinski definition) is 4. The molecular formula is C26H35ClN2O4. The second-order valence-electron chi connectivity index (χ2n) is 8.10. The third-order valence-electron chi connectivity index (χ3n) is 5.13. The smallest absolute Gasteiger partial charge is 0.242 e. The minimum atomic E-state index is -0.629. The van der Waals surface area contributed by atoms with E-state index in [9.17, 15) is 9.59 Å². The molecule has 0 bridgehead atoms. The molecule has 2 aromatic carbocycles. The van der Waals surface area contributed by atoms with Crippen molar-refractivity contribution in [2.75, 3.05) is 13.2 Å². The Hall–Kier alpha value is -2.73. The number of halogens is 1. The monoisotopic (exact) mass is 474 g/mol. The van der Waals surface area contributed by atoms with E-state index in [0.717, 1.165) is 11.1 Å². The minimum Gasteiger partial charge on any atom is -0.490 e. The molecule has 6 nitrogen and oxygen atoms in total. The normalized spacial score (nSPS) is 11.7. The lowest BCUT2D eigenvalue weighted by Crippen LogP contribution is -2.49. The molecule has 0 aliphatic carbocycles. The van der Waals surface area contributed by atoms with E-state index in [1.807, 2.05) is 64.1 Å². The topological polar surface area (TPSA) is 67.9 Å². The molecule has 0 radical (unpaired) electrons. The van der Waals surface area contributed by atoms with Gasteiger partial charge in [-0.05, 0) is 70.4 Å². The summed E-state index contributed by atoms with van der Waals surface area (Å²) in [7, 11) is 0. The zero-order valence-corrected chi connectivity index (χ0v) is 20.9. The van der Waals surface area contributed by atoms with Gasteiger partial charge >= 0.3 is 0 Å². The van der Waals surface area contributed by atoms with Gasteiger partial charge in [0.25, 0.3) is 0 Å². The summed E-state index contributed by atoms with van der Waals surface area (Å²) < 4.78 is 11.3. The van der Waals surface area contributed by atoms with Gasteiger partial charge in [0.2, 0.25) is 11.8 Å². The Morgan fingerprint density at radius 1 is 1.00 bits per heavy atom. The van der Waals surface area contributed by atoms with E-state index in [0.29, 0.717) is 36.2 Å². The molecular weight excluding hydrogens is 440 g/mol. The lowest BCUT2D eigenvalue weighted by atomic mass is 10.1. The number of nitrogens with zero attached hydrogens (tertiary/aromatic N) is 1. The lowest BCUT2D eigenvalue weighted by Gasteiger charge is -2.29. The van der Waals surface area contributed by atoms with Crippen LogP contribution < -0.4 is 14.8 Å². The van der Waals surface area contributed by atoms with Crippen LogP contribution in [0.3, 0.4) is 0 Å². The summed E-state index contributed by atoms with van der Waals surface area (Å²) >= 11 is 6.34. The summed E-state index contributed by atoms with van der Waals surface area (Å²) in [5, 5.41) is 3.46. The molecule has 2 amide bonds. The molecule has 2 aromatic rings. The van der Waals surface area contributed by atoms with E-state index in [4.69, 9.17) is 21.1 Å². The van der Waals surface area contributed by atoms with Gasteiger partial charge in [0.15, 0.2) is 11.5 Å². The van der Waals surface area contributed by atoms with Gasteiger partial charge in [0.1, 0.15) is 6.04 Å². The van der Waals surface area contributed by atoms with Crippen molar-refractivity contribution in [1.82, 2.24) is 10.2 Å². The van der Waals surface area contributed by atoms with Crippen LogP contribution in [0.15, 0.2) is 42.5 Å². The molecule has 0 spiro atoms. The third-order valence-corrected chi connectivity index (χ3v) is 5.50. The predicted octanol–water partition coefficient (Wildman–Crippen LogP) is 5.01. The Morgan fingerprint density at radius 3 is 2.30 bits per heavy atom. The minimum absolute atomic E-state index is 0.0157. The maximum absolute atomic E-state index is 13.3. The Bertz CT molecular complexity index is 932. The van der Waals surface area contributed by atoms with Crippen molar-refractivity contribution in [3.8, 4) is 11.5 Å². The molecule has 1 unspecified atom stereocenters. The Balaban J connectivity index is 2.19. The van der Waals surface area contributed by atoms with Crippen LogP contribution in [0.4, 0.5) is 0 Å². The quantitative estimate of drug-likeness (QED) is 0.469. The number of nitrogens with one attached hydrogen (secondary N) is 1. The first-order valence-corrected chi connectivity index (χ1v) is 11.9. The largest absolute Gasteiger partial charge is 0.490 e. The van der Waals surface area contributed by atoms with Crippen molar-refractivity contribution in [3.05, 3.63) is 58.6 Å². The van der Waals surface area contributed by atoms with Gasteiger partial charge in [-0.3, -0.25) is 9.59 Å². The standard InChI is InChI=1S/C26H35ClN2O4/c1-6-32-23-14-12-20(16-24(23)33-7-2)13-15-25(30)29(19(5)26(31)28-18(3)4)17-21-10-8-9-11-22(21)27/h8-12,14,16,18-19H,6-7,13,15,17H2,1-5H3,(H,28,31). The summed E-state index contributed by atoms with van der Waals surface area (Å²) in [5.74, 6) is 1.05. The van der Waals surface area contributed by atoms with E-state index >= 15 is 0 Å². The highest BCUT2D eigenvalue weighted by Crippen LogP contribution is 2.29. The fourth-order valence-corrected chi connectivity index (χ4v) is 3.64. The van der Waals surface area contributed by atoms with E-state index in [1.54, 1.807) is 17.9 Å². The predicted molar refractivity (Wildman–Crippen MR) is 132 cm³/mol. The number of amides is 2. The maximum atomic E-state index is 13.3. The van der Waals surface area contributed by atoms with Crippen molar-refractivity contribution < 1.29 is 19.1 Å². The molecule has 1 N–H and O–H groups in total. The van der Waals surface area contributed by atoms with Crippen LogP contribution in [0.25, 0.3) is 0 Å². The second kappa shape index (κ2) is 13.1. The highest BCUT2D eigenvalue weighted by Gasteiger charge is 2.27. The Kier molecular flexibility index (Phi) is 10.5. The molecule has 180 valence electrons. The molecule has 1 atom stereocenters. The second-order valence-corrected chi connectivity index (χ2v) is 8.51. The number of rotatable bonds is 12. The van der Waals surface area contributed by atoms with Crippen LogP contribution in [-0.4, -0.2) is 42.0 Å². The molecule has 0 fully saturated rings. The van der Waals surface area contributed by atoms with Gasteiger partial charge in [0, 0.05) is 24.0 Å². The first kappa shape index (κ1) is 26.5. The van der Waals surface area contributed by atoms with Gasteiger partial charge in [0.05, 0.1) is 13.2 Å². The summed E-state index contributed by atoms with van der Waals surface area (Å²) in [6.07, 6.45) is 0.770. The van der Waals surface area contributed by atoms with Crippen molar-refractivity contribution in [3.63, 3.8) is 0 Å². The van der Waals surface area contributed by atoms with E-state index in [-0.39, 0.29) is 30.8 Å². The van der Waals surface area contributed by atoms with Crippen molar-refractivity contribution in [2.24, 2.45) is 0 Å². The fraction of sp³-hybridized carbons (Fsp3) is 0.462. The van der Waals surface area contributed by atoms with Gasteiger partial charge in [-0.25, -0.2) is 0 Å². The van der Waals surface area contributed by atoms with Gasteiger partial charge in [-0.2, -0.15) is 0 Å². The SMILES string of the molecule is CCOc1ccc(CCC(=O)N(Cc2ccccc2Cl)C(C)C(=O)NC(C)C)cc1OCC. The molecule has 0 saturated heterocycles. The highest BCUT2D eigenvalue weighted by molar-refractivity contribution is 6.31. The highest BCUT2D eigenvalue weighted by atomic mass is 35.5. The number of carbonyl (C=O) groups is 2. The molecule has 0 aromatic heterocycles. The maximum Gasteiger partial charge on any atom is 0.242 e. The molecule has 0 saturated carbocycles. The molecule has 2 rings (SSSR count). The molecule has 0 aliphatic heterocycles. The average Bonchev–Trinajstić information content (AvgIpc) is 2.78. The first-order valence-electron chi connectivity index (χ1n) is 11.5. The molecule has 0 aliphatic rings. The van der Waals surface area contributed by atoms with Crippen LogP contribution >= 0.6 is 11.6 Å². The summed E-state index contributed by atoms with van der Waals surface area (Å²) in [6, 6.07) is 12.4. The molecule has 33 heavy (non-hydrogen) atoms. The van der Waals surface area contributed by atoms with Crippen LogP contribution in [0, 0.1) is 0 Å². The van der Waals surface area contributed by atoms with Crippen LogP contribution in [0.5, 0.6) is 11.5 Å².